The fraction of sp³-hybridized carbons (Fsp3) is 0.211. The Morgan fingerprint density at radius 2 is 1.72 bits per heavy atom. The van der Waals surface area contributed by atoms with E-state index in [0.717, 1.165) is 21.3 Å². The van der Waals surface area contributed by atoms with E-state index in [9.17, 15) is 36.3 Å². The summed E-state index contributed by atoms with van der Waals surface area (Å²) in [4.78, 5) is 27.6. The van der Waals surface area contributed by atoms with Crippen molar-refractivity contribution < 1.29 is 31.5 Å². The molecule has 1 atom stereocenters. The molecule has 32 heavy (non-hydrogen) atoms. The van der Waals surface area contributed by atoms with E-state index in [1.807, 2.05) is 0 Å². The average Bonchev–Trinajstić information content (AvgIpc) is 2.94. The number of carbonyl (C=O) groups is 1. The number of imidazole rings is 1. The van der Waals surface area contributed by atoms with Gasteiger partial charge in [0.05, 0.1) is 28.7 Å². The molecule has 3 aromatic rings. The number of amides is 1. The molecule has 0 bridgehead atoms. The lowest BCUT2D eigenvalue weighted by Gasteiger charge is -2.18. The predicted octanol–water partition coefficient (Wildman–Crippen LogP) is 1.81. The van der Waals surface area contributed by atoms with Crippen molar-refractivity contribution in [1.82, 2.24) is 14.1 Å². The van der Waals surface area contributed by atoms with E-state index < -0.39 is 43.8 Å². The van der Waals surface area contributed by atoms with Crippen molar-refractivity contribution in [3.05, 3.63) is 70.5 Å². The number of aromatic nitrogens is 3. The van der Waals surface area contributed by atoms with E-state index in [0.29, 0.717) is 17.7 Å². The van der Waals surface area contributed by atoms with Gasteiger partial charge in [-0.2, -0.15) is 13.2 Å². The van der Waals surface area contributed by atoms with E-state index in [-0.39, 0.29) is 17.8 Å². The van der Waals surface area contributed by atoms with Crippen molar-refractivity contribution in [3.63, 3.8) is 0 Å². The fourth-order valence-electron chi connectivity index (χ4n) is 3.25. The standard InChI is InChI=1S/C19H17F3N4O5S/c1-11-17(28)26(13-2-4-14(5-3-13)32(30,31)19(20,21)22)18(29)25(11)15(10-16(23)27)12-6-8-24-9-7-12/h2-9,15,28H,10H2,1H3,(H2,23,27). The van der Waals surface area contributed by atoms with Gasteiger partial charge in [-0.3, -0.25) is 14.3 Å². The number of pyridine rings is 1. The minimum absolute atomic E-state index is 0.0602. The van der Waals surface area contributed by atoms with E-state index >= 15 is 0 Å². The van der Waals surface area contributed by atoms with Gasteiger partial charge in [0.2, 0.25) is 11.8 Å². The second kappa shape index (κ2) is 8.15. The molecule has 0 aliphatic heterocycles. The van der Waals surface area contributed by atoms with Crippen LogP contribution in [0.4, 0.5) is 13.2 Å². The summed E-state index contributed by atoms with van der Waals surface area (Å²) in [5.74, 6) is -1.25. The van der Waals surface area contributed by atoms with Crippen LogP contribution in [0.25, 0.3) is 5.69 Å². The first-order valence-corrected chi connectivity index (χ1v) is 10.5. The summed E-state index contributed by atoms with van der Waals surface area (Å²) in [6.07, 6.45) is 2.61. The van der Waals surface area contributed by atoms with Gasteiger partial charge in [-0.05, 0) is 48.9 Å². The molecule has 13 heteroatoms. The molecule has 0 saturated carbocycles. The number of carbonyl (C=O) groups excluding carboxylic acids is 1. The maximum absolute atomic E-state index is 13.1. The van der Waals surface area contributed by atoms with Crippen LogP contribution in [0, 0.1) is 6.92 Å². The Morgan fingerprint density at radius 1 is 1.16 bits per heavy atom. The summed E-state index contributed by atoms with van der Waals surface area (Å²) in [5, 5.41) is 10.6. The summed E-state index contributed by atoms with van der Waals surface area (Å²) in [6.45, 7) is 1.41. The van der Waals surface area contributed by atoms with Crippen LogP contribution in [0.1, 0.15) is 23.7 Å². The van der Waals surface area contributed by atoms with E-state index in [1.165, 1.54) is 19.3 Å². The number of hydrogen-bond donors (Lipinski definition) is 2. The minimum atomic E-state index is -5.57. The van der Waals surface area contributed by atoms with Crippen LogP contribution in [0.2, 0.25) is 0 Å². The molecule has 3 N–H and O–H groups in total. The number of hydrogen-bond acceptors (Lipinski definition) is 6. The number of sulfone groups is 1. The van der Waals surface area contributed by atoms with Crippen LogP contribution in [-0.4, -0.2) is 39.1 Å². The molecule has 0 aliphatic carbocycles. The zero-order chi connectivity index (χ0) is 23.8. The summed E-state index contributed by atoms with van der Waals surface area (Å²) >= 11 is 0. The Balaban J connectivity index is 2.14. The van der Waals surface area contributed by atoms with Gasteiger partial charge in [-0.15, -0.1) is 0 Å². The van der Waals surface area contributed by atoms with Gasteiger partial charge in [-0.1, -0.05) is 0 Å². The van der Waals surface area contributed by atoms with Crippen molar-refractivity contribution in [2.75, 3.05) is 0 Å². The maximum atomic E-state index is 13.1. The van der Waals surface area contributed by atoms with E-state index in [1.54, 1.807) is 12.1 Å². The molecule has 1 aromatic carbocycles. The van der Waals surface area contributed by atoms with Crippen molar-refractivity contribution in [1.29, 1.82) is 0 Å². The molecule has 0 spiro atoms. The first kappa shape index (κ1) is 23.1. The smallest absolute Gasteiger partial charge is 0.493 e. The molecule has 2 heterocycles. The summed E-state index contributed by atoms with van der Waals surface area (Å²) in [6, 6.07) is 5.51. The molecule has 0 saturated heterocycles. The Hall–Kier alpha value is -3.61. The number of primary amides is 1. The zero-order valence-electron chi connectivity index (χ0n) is 16.4. The van der Waals surface area contributed by atoms with Crippen LogP contribution in [0.3, 0.4) is 0 Å². The molecule has 1 amide bonds. The van der Waals surface area contributed by atoms with Crippen LogP contribution in [-0.2, 0) is 14.6 Å². The largest absolute Gasteiger partial charge is 0.501 e. The van der Waals surface area contributed by atoms with Crippen LogP contribution in [0.5, 0.6) is 5.88 Å². The predicted molar refractivity (Wildman–Crippen MR) is 106 cm³/mol. The molecule has 2 aromatic heterocycles. The quantitative estimate of drug-likeness (QED) is 0.564. The van der Waals surface area contributed by atoms with Crippen LogP contribution < -0.4 is 11.4 Å². The second-order valence-electron chi connectivity index (χ2n) is 6.81. The molecular weight excluding hydrogens is 453 g/mol. The normalized spacial score (nSPS) is 13.1. The van der Waals surface area contributed by atoms with Crippen molar-refractivity contribution in [3.8, 4) is 11.6 Å². The third-order valence-corrected chi connectivity index (χ3v) is 6.30. The lowest BCUT2D eigenvalue weighted by atomic mass is 10.0. The van der Waals surface area contributed by atoms with Gasteiger partial charge < -0.3 is 10.8 Å². The number of benzene rings is 1. The highest BCUT2D eigenvalue weighted by Crippen LogP contribution is 2.32. The monoisotopic (exact) mass is 470 g/mol. The molecule has 0 aliphatic rings. The Bertz CT molecular complexity index is 1310. The van der Waals surface area contributed by atoms with Crippen molar-refractivity contribution in [2.45, 2.75) is 29.8 Å². The lowest BCUT2D eigenvalue weighted by molar-refractivity contribution is -0.118. The number of aromatic hydroxyl groups is 1. The van der Waals surface area contributed by atoms with E-state index in [4.69, 9.17) is 5.73 Å². The third kappa shape index (κ3) is 3.98. The van der Waals surface area contributed by atoms with Crippen molar-refractivity contribution >= 4 is 15.7 Å². The average molecular weight is 470 g/mol. The van der Waals surface area contributed by atoms with Crippen molar-refractivity contribution in [2.24, 2.45) is 5.73 Å². The highest BCUT2D eigenvalue weighted by atomic mass is 32.2. The number of rotatable bonds is 6. The molecule has 3 rings (SSSR count). The topological polar surface area (TPSA) is 137 Å². The van der Waals surface area contributed by atoms with Gasteiger partial charge in [-0.25, -0.2) is 17.8 Å². The number of halogens is 3. The van der Waals surface area contributed by atoms with Crippen LogP contribution >= 0.6 is 0 Å². The first-order chi connectivity index (χ1) is 14.9. The van der Waals surface area contributed by atoms with E-state index in [2.05, 4.69) is 4.98 Å². The Morgan fingerprint density at radius 3 is 2.22 bits per heavy atom. The first-order valence-electron chi connectivity index (χ1n) is 8.99. The van der Waals surface area contributed by atoms with Crippen LogP contribution in [0.15, 0.2) is 58.5 Å². The van der Waals surface area contributed by atoms with Gasteiger partial charge in [0, 0.05) is 12.4 Å². The van der Waals surface area contributed by atoms with Gasteiger partial charge in [0.15, 0.2) is 0 Å². The summed E-state index contributed by atoms with van der Waals surface area (Å²) in [5.41, 5.74) is -0.481. The third-order valence-electron chi connectivity index (χ3n) is 4.80. The Kier molecular flexibility index (Phi) is 5.87. The Labute approximate surface area is 179 Å². The molecular formula is C19H17F3N4O5S. The van der Waals surface area contributed by atoms with Gasteiger partial charge in [0.25, 0.3) is 9.84 Å². The molecule has 1 unspecified atom stereocenters. The maximum Gasteiger partial charge on any atom is 0.501 e. The van der Waals surface area contributed by atoms with Gasteiger partial charge >= 0.3 is 11.2 Å². The van der Waals surface area contributed by atoms with Gasteiger partial charge in [0.1, 0.15) is 0 Å². The summed E-state index contributed by atoms with van der Waals surface area (Å²) in [7, 11) is -5.57. The highest BCUT2D eigenvalue weighted by molar-refractivity contribution is 7.92. The molecule has 9 nitrogen and oxygen atoms in total. The number of alkyl halides is 3. The number of nitrogens with two attached hydrogens (primary N) is 1. The fourth-order valence-corrected chi connectivity index (χ4v) is 4.02. The molecule has 170 valence electrons. The minimum Gasteiger partial charge on any atom is -0.493 e. The molecule has 0 radical (unpaired) electrons. The SMILES string of the molecule is Cc1c(O)n(-c2ccc(S(=O)(=O)C(F)(F)F)cc2)c(=O)n1C(CC(N)=O)c1ccncc1. The zero-order valence-corrected chi connectivity index (χ0v) is 17.3. The highest BCUT2D eigenvalue weighted by Gasteiger charge is 2.46. The second-order valence-corrected chi connectivity index (χ2v) is 8.75. The molecule has 0 fully saturated rings. The lowest BCUT2D eigenvalue weighted by Crippen LogP contribution is -2.31. The number of nitrogens with zero attached hydrogens (tertiary/aromatic N) is 3. The summed E-state index contributed by atoms with van der Waals surface area (Å²) < 4.78 is 63.3.